The number of carboxylic acids is 2. The number of hydrogen-bond donors (Lipinski definition) is 2. The summed E-state index contributed by atoms with van der Waals surface area (Å²) in [6.07, 6.45) is 0. The van der Waals surface area contributed by atoms with Crippen molar-refractivity contribution in [2.45, 2.75) is 6.92 Å². The first-order valence-corrected chi connectivity index (χ1v) is 5.70. The number of carbonyl (C=O) groups is 3. The number of rotatable bonds is 6. The van der Waals surface area contributed by atoms with Crippen LogP contribution in [0.25, 0.3) is 0 Å². The van der Waals surface area contributed by atoms with E-state index in [1.165, 1.54) is 13.0 Å². The van der Waals surface area contributed by atoms with Crippen LogP contribution in [0.3, 0.4) is 0 Å². The summed E-state index contributed by atoms with van der Waals surface area (Å²) in [4.78, 5) is 44.1. The van der Waals surface area contributed by atoms with Crippen LogP contribution in [-0.4, -0.2) is 51.0 Å². The average Bonchev–Trinajstić information content (AvgIpc) is 2.35. The van der Waals surface area contributed by atoms with E-state index < -0.39 is 35.9 Å². The molecule has 112 valence electrons. The van der Waals surface area contributed by atoms with Crippen LogP contribution < -0.4 is 0 Å². The van der Waals surface area contributed by atoms with Crippen LogP contribution in [0.2, 0.25) is 0 Å². The fourth-order valence-corrected chi connectivity index (χ4v) is 1.70. The molecule has 1 aromatic carbocycles. The maximum atomic E-state index is 12.1. The third kappa shape index (κ3) is 4.27. The lowest BCUT2D eigenvalue weighted by molar-refractivity contribution is -0.384. The van der Waals surface area contributed by atoms with Crippen LogP contribution in [0.1, 0.15) is 15.9 Å². The normalized spacial score (nSPS) is 9.95. The molecule has 0 aromatic heterocycles. The number of amides is 1. The van der Waals surface area contributed by atoms with Gasteiger partial charge in [0.15, 0.2) is 0 Å². The van der Waals surface area contributed by atoms with E-state index in [-0.39, 0.29) is 16.8 Å². The third-order valence-electron chi connectivity index (χ3n) is 2.59. The number of carbonyl (C=O) groups excluding carboxylic acids is 1. The molecule has 21 heavy (non-hydrogen) atoms. The molecule has 0 unspecified atom stereocenters. The topological polar surface area (TPSA) is 138 Å². The molecule has 0 spiro atoms. The number of nitro groups is 1. The van der Waals surface area contributed by atoms with Crippen molar-refractivity contribution in [2.75, 3.05) is 13.1 Å². The summed E-state index contributed by atoms with van der Waals surface area (Å²) in [5, 5.41) is 28.0. The second-order valence-corrected chi connectivity index (χ2v) is 4.21. The minimum Gasteiger partial charge on any atom is -0.480 e. The zero-order chi connectivity index (χ0) is 16.2. The largest absolute Gasteiger partial charge is 0.480 e. The van der Waals surface area contributed by atoms with Gasteiger partial charge in [0.05, 0.1) is 4.92 Å². The smallest absolute Gasteiger partial charge is 0.323 e. The number of hydrogen-bond acceptors (Lipinski definition) is 5. The predicted molar refractivity (Wildman–Crippen MR) is 69.0 cm³/mol. The lowest BCUT2D eigenvalue weighted by Gasteiger charge is -2.19. The van der Waals surface area contributed by atoms with Gasteiger partial charge in [0.1, 0.15) is 13.1 Å². The van der Waals surface area contributed by atoms with Crippen molar-refractivity contribution >= 4 is 23.5 Å². The highest BCUT2D eigenvalue weighted by molar-refractivity contribution is 5.98. The van der Waals surface area contributed by atoms with Crippen LogP contribution in [0.5, 0.6) is 0 Å². The maximum Gasteiger partial charge on any atom is 0.323 e. The number of aliphatic carboxylic acids is 2. The van der Waals surface area contributed by atoms with Gasteiger partial charge in [-0.05, 0) is 18.6 Å². The first-order chi connectivity index (χ1) is 9.72. The van der Waals surface area contributed by atoms with Crippen LogP contribution in [-0.2, 0) is 9.59 Å². The monoisotopic (exact) mass is 296 g/mol. The number of aryl methyl sites for hydroxylation is 1. The number of carboxylic acid groups (broad SMARTS) is 2. The molecule has 2 N–H and O–H groups in total. The van der Waals surface area contributed by atoms with Crippen molar-refractivity contribution in [1.82, 2.24) is 4.90 Å². The van der Waals surface area contributed by atoms with Gasteiger partial charge in [-0.3, -0.25) is 24.5 Å². The summed E-state index contributed by atoms with van der Waals surface area (Å²) >= 11 is 0. The molecule has 0 aliphatic heterocycles. The molecular weight excluding hydrogens is 284 g/mol. The predicted octanol–water partition coefficient (Wildman–Crippen LogP) is 0.515. The van der Waals surface area contributed by atoms with Crippen LogP contribution in [0.4, 0.5) is 5.69 Å². The Kier molecular flexibility index (Phi) is 4.95. The number of non-ortho nitro benzene ring substituents is 1. The van der Waals surface area contributed by atoms with E-state index in [0.717, 1.165) is 12.1 Å². The lowest BCUT2D eigenvalue weighted by atomic mass is 10.1. The van der Waals surface area contributed by atoms with Crippen LogP contribution in [0.15, 0.2) is 18.2 Å². The van der Waals surface area contributed by atoms with Crippen molar-refractivity contribution in [2.24, 2.45) is 0 Å². The second kappa shape index (κ2) is 6.46. The molecule has 0 atom stereocenters. The summed E-state index contributed by atoms with van der Waals surface area (Å²) in [7, 11) is 0. The Hall–Kier alpha value is -2.97. The number of benzene rings is 1. The molecule has 1 amide bonds. The molecule has 0 heterocycles. The molecule has 0 aliphatic carbocycles. The molecule has 0 saturated heterocycles. The lowest BCUT2D eigenvalue weighted by Crippen LogP contribution is -2.39. The van der Waals surface area contributed by atoms with E-state index in [4.69, 9.17) is 10.2 Å². The Labute approximate surface area is 118 Å². The highest BCUT2D eigenvalue weighted by atomic mass is 16.6. The molecule has 9 nitrogen and oxygen atoms in total. The minimum atomic E-state index is -1.36. The molecule has 0 bridgehead atoms. The molecular formula is C12H12N2O7. The summed E-state index contributed by atoms with van der Waals surface area (Å²) < 4.78 is 0. The number of nitro benzene ring substituents is 1. The number of nitrogens with zero attached hydrogens (tertiary/aromatic N) is 2. The van der Waals surface area contributed by atoms with Gasteiger partial charge in [0.25, 0.3) is 11.6 Å². The fourth-order valence-electron chi connectivity index (χ4n) is 1.70. The second-order valence-electron chi connectivity index (χ2n) is 4.21. The van der Waals surface area contributed by atoms with Crippen molar-refractivity contribution in [1.29, 1.82) is 0 Å². The Morgan fingerprint density at radius 1 is 1.19 bits per heavy atom. The zero-order valence-electron chi connectivity index (χ0n) is 11.0. The fraction of sp³-hybridized carbons (Fsp3) is 0.250. The maximum absolute atomic E-state index is 12.1. The van der Waals surface area contributed by atoms with E-state index in [0.29, 0.717) is 4.90 Å². The van der Waals surface area contributed by atoms with Crippen molar-refractivity contribution in [3.8, 4) is 0 Å². The van der Waals surface area contributed by atoms with E-state index in [9.17, 15) is 24.5 Å². The Bertz CT molecular complexity index is 596. The van der Waals surface area contributed by atoms with Crippen LogP contribution >= 0.6 is 0 Å². The molecule has 0 radical (unpaired) electrons. The highest BCUT2D eigenvalue weighted by Gasteiger charge is 2.23. The molecule has 0 fully saturated rings. The summed E-state index contributed by atoms with van der Waals surface area (Å²) in [6.45, 7) is -0.108. The quantitative estimate of drug-likeness (QED) is 0.576. The van der Waals surface area contributed by atoms with Gasteiger partial charge in [-0.25, -0.2) is 0 Å². The van der Waals surface area contributed by atoms with Gasteiger partial charge in [-0.2, -0.15) is 0 Å². The molecule has 0 aliphatic rings. The van der Waals surface area contributed by atoms with Gasteiger partial charge in [-0.1, -0.05) is 0 Å². The minimum absolute atomic E-state index is 0.0168. The Morgan fingerprint density at radius 3 is 2.10 bits per heavy atom. The van der Waals surface area contributed by atoms with Gasteiger partial charge >= 0.3 is 11.9 Å². The van der Waals surface area contributed by atoms with E-state index >= 15 is 0 Å². The Balaban J connectivity index is 3.11. The van der Waals surface area contributed by atoms with E-state index in [1.807, 2.05) is 0 Å². The van der Waals surface area contributed by atoms with Crippen LogP contribution in [0, 0.1) is 17.0 Å². The van der Waals surface area contributed by atoms with Crippen molar-refractivity contribution < 1.29 is 29.5 Å². The standard InChI is InChI=1S/C12H12N2O7/c1-7-4-8(14(20)21)2-3-9(7)12(19)13(5-10(15)16)6-11(17)18/h2-4H,5-6H2,1H3,(H,15,16)(H,17,18). The Morgan fingerprint density at radius 2 is 1.71 bits per heavy atom. The average molecular weight is 296 g/mol. The van der Waals surface area contributed by atoms with Gasteiger partial charge < -0.3 is 15.1 Å². The first-order valence-electron chi connectivity index (χ1n) is 5.70. The highest BCUT2D eigenvalue weighted by Crippen LogP contribution is 2.18. The van der Waals surface area contributed by atoms with Gasteiger partial charge in [0.2, 0.25) is 0 Å². The molecule has 1 rings (SSSR count). The molecule has 0 saturated carbocycles. The van der Waals surface area contributed by atoms with Gasteiger partial charge in [-0.15, -0.1) is 0 Å². The van der Waals surface area contributed by atoms with Gasteiger partial charge in [0, 0.05) is 17.7 Å². The van der Waals surface area contributed by atoms with Crippen molar-refractivity contribution in [3.05, 3.63) is 39.4 Å². The summed E-state index contributed by atoms with van der Waals surface area (Å²) in [6, 6.07) is 3.43. The molecule has 9 heteroatoms. The van der Waals surface area contributed by atoms with Crippen molar-refractivity contribution in [3.63, 3.8) is 0 Å². The first kappa shape index (κ1) is 16.1. The summed E-state index contributed by atoms with van der Waals surface area (Å²) in [5.41, 5.74) is 0.0603. The van der Waals surface area contributed by atoms with E-state index in [1.54, 1.807) is 0 Å². The van der Waals surface area contributed by atoms with E-state index in [2.05, 4.69) is 0 Å². The zero-order valence-corrected chi connectivity index (χ0v) is 11.0. The SMILES string of the molecule is Cc1cc([N+](=O)[O-])ccc1C(=O)N(CC(=O)O)CC(=O)O. The molecule has 1 aromatic rings. The third-order valence-corrected chi connectivity index (χ3v) is 2.59. The summed E-state index contributed by atoms with van der Waals surface area (Å²) in [5.74, 6) is -3.53.